The van der Waals surface area contributed by atoms with E-state index in [4.69, 9.17) is 4.74 Å². The summed E-state index contributed by atoms with van der Waals surface area (Å²) >= 11 is 0. The summed E-state index contributed by atoms with van der Waals surface area (Å²) in [5.41, 5.74) is -1.62. The fourth-order valence-electron chi connectivity index (χ4n) is 2.43. The van der Waals surface area contributed by atoms with Gasteiger partial charge >= 0.3 is 12.1 Å². The molecule has 114 valence electrons. The van der Waals surface area contributed by atoms with Gasteiger partial charge < -0.3 is 14.4 Å². The molecule has 0 atom stereocenters. The maximum atomic E-state index is 13.3. The second-order valence-electron chi connectivity index (χ2n) is 4.56. The number of halogens is 3. The van der Waals surface area contributed by atoms with Gasteiger partial charge in [0.15, 0.2) is 0 Å². The van der Waals surface area contributed by atoms with E-state index in [1.54, 1.807) is 6.92 Å². The molecule has 0 spiro atoms. The zero-order valence-electron chi connectivity index (χ0n) is 11.5. The van der Waals surface area contributed by atoms with Crippen molar-refractivity contribution >= 4 is 16.9 Å². The molecule has 0 aliphatic rings. The maximum Gasteiger partial charge on any atom is 0.432 e. The number of benzene rings is 1. The zero-order valence-corrected chi connectivity index (χ0v) is 11.5. The van der Waals surface area contributed by atoms with E-state index in [9.17, 15) is 23.1 Å². The number of carboxylic acids is 1. The Bertz CT molecular complexity index is 689. The van der Waals surface area contributed by atoms with Crippen LogP contribution in [0, 0.1) is 0 Å². The number of hydrogen-bond acceptors (Lipinski definition) is 2. The van der Waals surface area contributed by atoms with Crippen LogP contribution in [-0.4, -0.2) is 22.8 Å². The number of aromatic nitrogens is 1. The number of rotatable bonds is 4. The molecule has 0 saturated heterocycles. The molecule has 0 bridgehead atoms. The van der Waals surface area contributed by atoms with Crippen LogP contribution in [0.1, 0.15) is 29.4 Å². The van der Waals surface area contributed by atoms with Gasteiger partial charge in [-0.2, -0.15) is 13.2 Å². The highest BCUT2D eigenvalue weighted by molar-refractivity contribution is 6.05. The van der Waals surface area contributed by atoms with Gasteiger partial charge in [-0.15, -0.1) is 0 Å². The number of fused-ring (bicyclic) bond motifs is 1. The molecule has 7 heteroatoms. The van der Waals surface area contributed by atoms with Gasteiger partial charge in [0, 0.05) is 17.4 Å². The molecule has 0 amide bonds. The molecule has 2 rings (SSSR count). The van der Waals surface area contributed by atoms with E-state index in [0.717, 1.165) is 4.57 Å². The number of methoxy groups -OCH3 is 1. The standard InChI is InChI=1S/C14H14F3NO3/c1-3-6-18-10-5-4-8(21-2)7-9(10)11(13(19)20)12(18)14(15,16)17/h4-5,7H,3,6H2,1-2H3,(H,19,20). The van der Waals surface area contributed by atoms with E-state index in [0.29, 0.717) is 12.2 Å². The van der Waals surface area contributed by atoms with Crippen LogP contribution in [0.2, 0.25) is 0 Å². The highest BCUT2D eigenvalue weighted by atomic mass is 19.4. The number of nitrogens with zero attached hydrogens (tertiary/aromatic N) is 1. The van der Waals surface area contributed by atoms with Crippen molar-refractivity contribution in [3.63, 3.8) is 0 Å². The summed E-state index contributed by atoms with van der Waals surface area (Å²) in [5.74, 6) is -1.29. The fourth-order valence-corrected chi connectivity index (χ4v) is 2.43. The Balaban J connectivity index is 2.92. The number of aryl methyl sites for hydroxylation is 1. The molecule has 4 nitrogen and oxygen atoms in total. The Labute approximate surface area is 118 Å². The van der Waals surface area contributed by atoms with Crippen LogP contribution in [0.4, 0.5) is 13.2 Å². The third kappa shape index (κ3) is 2.55. The van der Waals surface area contributed by atoms with E-state index in [-0.39, 0.29) is 17.4 Å². The highest BCUT2D eigenvalue weighted by Crippen LogP contribution is 2.39. The number of alkyl halides is 3. The van der Waals surface area contributed by atoms with E-state index in [1.807, 2.05) is 0 Å². The first-order valence-electron chi connectivity index (χ1n) is 6.32. The van der Waals surface area contributed by atoms with Crippen LogP contribution in [0.15, 0.2) is 18.2 Å². The molecule has 21 heavy (non-hydrogen) atoms. The molecule has 1 N–H and O–H groups in total. The van der Waals surface area contributed by atoms with Crippen LogP contribution < -0.4 is 4.74 Å². The van der Waals surface area contributed by atoms with E-state index in [1.165, 1.54) is 25.3 Å². The second kappa shape index (κ2) is 5.31. The SMILES string of the molecule is CCCn1c(C(F)(F)F)c(C(=O)O)c2cc(OC)ccc21. The summed E-state index contributed by atoms with van der Waals surface area (Å²) in [6, 6.07) is 4.28. The maximum absolute atomic E-state index is 13.3. The van der Waals surface area contributed by atoms with Crippen molar-refractivity contribution in [3.05, 3.63) is 29.5 Å². The second-order valence-corrected chi connectivity index (χ2v) is 4.56. The predicted octanol–water partition coefficient (Wildman–Crippen LogP) is 3.78. The molecule has 0 saturated carbocycles. The van der Waals surface area contributed by atoms with Crippen molar-refractivity contribution in [3.8, 4) is 5.75 Å². The quantitative estimate of drug-likeness (QED) is 0.935. The average molecular weight is 301 g/mol. The minimum atomic E-state index is -4.74. The van der Waals surface area contributed by atoms with Crippen LogP contribution >= 0.6 is 0 Å². The lowest BCUT2D eigenvalue weighted by atomic mass is 10.1. The molecule has 0 aliphatic heterocycles. The van der Waals surface area contributed by atoms with Crippen molar-refractivity contribution in [2.75, 3.05) is 7.11 Å². The molecule has 1 heterocycles. The van der Waals surface area contributed by atoms with Gasteiger partial charge in [0.1, 0.15) is 11.4 Å². The Morgan fingerprint density at radius 3 is 2.52 bits per heavy atom. The Hall–Kier alpha value is -2.18. The summed E-state index contributed by atoms with van der Waals surface area (Å²) in [5, 5.41) is 9.25. The summed E-state index contributed by atoms with van der Waals surface area (Å²) in [4.78, 5) is 11.3. The number of carboxylic acid groups (broad SMARTS) is 1. The van der Waals surface area contributed by atoms with Crippen LogP contribution in [0.25, 0.3) is 10.9 Å². The summed E-state index contributed by atoms with van der Waals surface area (Å²) < 4.78 is 45.9. The van der Waals surface area contributed by atoms with Gasteiger partial charge in [0.05, 0.1) is 12.7 Å². The van der Waals surface area contributed by atoms with Crippen LogP contribution in [0.3, 0.4) is 0 Å². The minimum Gasteiger partial charge on any atom is -0.497 e. The first-order chi connectivity index (χ1) is 9.81. The molecule has 0 fully saturated rings. The minimum absolute atomic E-state index is 0.0302. The van der Waals surface area contributed by atoms with Gasteiger partial charge in [0.2, 0.25) is 0 Å². The first kappa shape index (κ1) is 15.2. The van der Waals surface area contributed by atoms with Crippen molar-refractivity contribution in [2.24, 2.45) is 0 Å². The van der Waals surface area contributed by atoms with Crippen molar-refractivity contribution in [1.82, 2.24) is 4.57 Å². The highest BCUT2D eigenvalue weighted by Gasteiger charge is 2.41. The molecular weight excluding hydrogens is 287 g/mol. The molecule has 0 aliphatic carbocycles. The third-order valence-corrected chi connectivity index (χ3v) is 3.20. The summed E-state index contributed by atoms with van der Waals surface area (Å²) in [6.45, 7) is 1.82. The average Bonchev–Trinajstić information content (AvgIpc) is 2.73. The Morgan fingerprint density at radius 2 is 2.05 bits per heavy atom. The molecular formula is C14H14F3NO3. The summed E-state index contributed by atoms with van der Waals surface area (Å²) in [6.07, 6.45) is -4.28. The molecule has 0 unspecified atom stereocenters. The van der Waals surface area contributed by atoms with Gasteiger partial charge in [-0.3, -0.25) is 0 Å². The van der Waals surface area contributed by atoms with E-state index >= 15 is 0 Å². The van der Waals surface area contributed by atoms with Gasteiger partial charge in [-0.25, -0.2) is 4.79 Å². The predicted molar refractivity (Wildman–Crippen MR) is 70.7 cm³/mol. The van der Waals surface area contributed by atoms with Gasteiger partial charge in [-0.1, -0.05) is 6.92 Å². The topological polar surface area (TPSA) is 51.5 Å². The molecule has 1 aromatic carbocycles. The number of carbonyl (C=O) groups is 1. The monoisotopic (exact) mass is 301 g/mol. The normalized spacial score (nSPS) is 11.9. The third-order valence-electron chi connectivity index (χ3n) is 3.20. The first-order valence-corrected chi connectivity index (χ1v) is 6.32. The van der Waals surface area contributed by atoms with Crippen molar-refractivity contribution < 1.29 is 27.8 Å². The number of aromatic carboxylic acids is 1. The fraction of sp³-hybridized carbons (Fsp3) is 0.357. The Kier molecular flexibility index (Phi) is 3.85. The lowest BCUT2D eigenvalue weighted by molar-refractivity contribution is -0.143. The van der Waals surface area contributed by atoms with Crippen molar-refractivity contribution in [1.29, 1.82) is 0 Å². The smallest absolute Gasteiger partial charge is 0.432 e. The molecule has 2 aromatic rings. The van der Waals surface area contributed by atoms with Crippen molar-refractivity contribution in [2.45, 2.75) is 26.1 Å². The van der Waals surface area contributed by atoms with Crippen LogP contribution in [-0.2, 0) is 12.7 Å². The van der Waals surface area contributed by atoms with Gasteiger partial charge in [0.25, 0.3) is 0 Å². The zero-order chi connectivity index (χ0) is 15.8. The largest absolute Gasteiger partial charge is 0.497 e. The molecule has 0 radical (unpaired) electrons. The number of ether oxygens (including phenoxy) is 1. The van der Waals surface area contributed by atoms with Gasteiger partial charge in [-0.05, 0) is 24.6 Å². The van der Waals surface area contributed by atoms with E-state index in [2.05, 4.69) is 0 Å². The molecule has 1 aromatic heterocycles. The number of hydrogen-bond donors (Lipinski definition) is 1. The van der Waals surface area contributed by atoms with E-state index < -0.39 is 23.4 Å². The lowest BCUT2D eigenvalue weighted by Gasteiger charge is -2.13. The summed E-state index contributed by atoms with van der Waals surface area (Å²) in [7, 11) is 1.37. The van der Waals surface area contributed by atoms with Crippen LogP contribution in [0.5, 0.6) is 5.75 Å². The Morgan fingerprint density at radius 1 is 1.38 bits per heavy atom. The lowest BCUT2D eigenvalue weighted by Crippen LogP contribution is -2.17.